The summed E-state index contributed by atoms with van der Waals surface area (Å²) in [5.41, 5.74) is 5.96. The van der Waals surface area contributed by atoms with E-state index in [1.54, 1.807) is 17.0 Å². The molecule has 10 nitrogen and oxygen atoms in total. The number of hydrogen-bond donors (Lipinski definition) is 3. The average Bonchev–Trinajstić information content (AvgIpc) is 3.39. The molecule has 13 heteroatoms. The van der Waals surface area contributed by atoms with Crippen molar-refractivity contribution in [2.75, 3.05) is 26.2 Å². The van der Waals surface area contributed by atoms with Crippen LogP contribution in [0.3, 0.4) is 0 Å². The molecule has 4 aromatic rings. The standard InChI is InChI=1S/C30H31F3N6O4/c31-30(32,33)26-23(24-8-4-5-13-39(24)36-26)19-43-22-11-9-21(10-12-22)28(41)35-25(27(34)40)29(42)38-16-14-37(15-17-38)18-20-6-2-1-3-7-20/h1-13,25,29,42H,14-19H2,(H2,34,40)(H,35,41). The highest BCUT2D eigenvalue weighted by Crippen LogP contribution is 2.33. The fraction of sp³-hybridized carbons (Fsp3) is 0.300. The van der Waals surface area contributed by atoms with Crippen LogP contribution in [0.2, 0.25) is 0 Å². The van der Waals surface area contributed by atoms with E-state index < -0.39 is 42.6 Å². The first-order valence-corrected chi connectivity index (χ1v) is 13.6. The Morgan fingerprint density at radius 2 is 1.65 bits per heavy atom. The molecule has 0 saturated carbocycles. The summed E-state index contributed by atoms with van der Waals surface area (Å²) in [5, 5.41) is 17.1. The molecule has 0 bridgehead atoms. The van der Waals surface area contributed by atoms with Crippen molar-refractivity contribution in [1.29, 1.82) is 0 Å². The maximum absolute atomic E-state index is 13.6. The summed E-state index contributed by atoms with van der Waals surface area (Å²) in [5.74, 6) is -1.32. The molecule has 2 amide bonds. The number of nitrogens with zero attached hydrogens (tertiary/aromatic N) is 4. The Bertz CT molecular complexity index is 1550. The summed E-state index contributed by atoms with van der Waals surface area (Å²) in [7, 11) is 0. The summed E-state index contributed by atoms with van der Waals surface area (Å²) in [6.45, 7) is 2.63. The minimum Gasteiger partial charge on any atom is -0.489 e. The highest BCUT2D eigenvalue weighted by atomic mass is 19.4. The van der Waals surface area contributed by atoms with Crippen LogP contribution in [0.25, 0.3) is 5.52 Å². The normalized spacial score (nSPS) is 16.1. The zero-order chi connectivity index (χ0) is 30.6. The molecule has 1 aliphatic heterocycles. The molecule has 5 rings (SSSR count). The van der Waals surface area contributed by atoms with Crippen LogP contribution in [0.15, 0.2) is 79.0 Å². The lowest BCUT2D eigenvalue weighted by Gasteiger charge is -2.39. The lowest BCUT2D eigenvalue weighted by Crippen LogP contribution is -2.61. The van der Waals surface area contributed by atoms with Crippen LogP contribution >= 0.6 is 0 Å². The van der Waals surface area contributed by atoms with Crippen LogP contribution in [-0.2, 0) is 24.1 Å². The van der Waals surface area contributed by atoms with Gasteiger partial charge in [-0.25, -0.2) is 4.52 Å². The summed E-state index contributed by atoms with van der Waals surface area (Å²) >= 11 is 0. The van der Waals surface area contributed by atoms with Crippen molar-refractivity contribution in [2.45, 2.75) is 31.6 Å². The zero-order valence-corrected chi connectivity index (χ0v) is 23.1. The van der Waals surface area contributed by atoms with Crippen LogP contribution < -0.4 is 15.8 Å². The summed E-state index contributed by atoms with van der Waals surface area (Å²) in [6.07, 6.45) is -4.56. The van der Waals surface area contributed by atoms with E-state index in [1.165, 1.54) is 42.1 Å². The van der Waals surface area contributed by atoms with Crippen molar-refractivity contribution in [1.82, 2.24) is 24.7 Å². The van der Waals surface area contributed by atoms with Gasteiger partial charge >= 0.3 is 6.18 Å². The number of carbonyl (C=O) groups is 2. The fourth-order valence-electron chi connectivity index (χ4n) is 5.03. The molecule has 4 N–H and O–H groups in total. The van der Waals surface area contributed by atoms with E-state index in [0.717, 1.165) is 11.1 Å². The van der Waals surface area contributed by atoms with Crippen molar-refractivity contribution in [2.24, 2.45) is 5.73 Å². The lowest BCUT2D eigenvalue weighted by atomic mass is 10.1. The molecule has 2 atom stereocenters. The van der Waals surface area contributed by atoms with Gasteiger partial charge in [0.15, 0.2) is 5.69 Å². The molecule has 2 aromatic heterocycles. The van der Waals surface area contributed by atoms with Crippen LogP contribution in [0.5, 0.6) is 5.75 Å². The largest absolute Gasteiger partial charge is 0.489 e. The molecule has 2 unspecified atom stereocenters. The van der Waals surface area contributed by atoms with Crippen LogP contribution in [0.4, 0.5) is 13.2 Å². The Kier molecular flexibility index (Phi) is 8.94. The van der Waals surface area contributed by atoms with Gasteiger partial charge in [-0.05, 0) is 42.0 Å². The molecule has 43 heavy (non-hydrogen) atoms. The van der Waals surface area contributed by atoms with E-state index in [9.17, 15) is 27.9 Å². The number of hydrogen-bond acceptors (Lipinski definition) is 7. The van der Waals surface area contributed by atoms with Gasteiger partial charge in [-0.15, -0.1) is 0 Å². The lowest BCUT2D eigenvalue weighted by molar-refractivity contribution is -0.142. The van der Waals surface area contributed by atoms with Gasteiger partial charge in [0.05, 0.1) is 5.52 Å². The molecule has 226 valence electrons. The van der Waals surface area contributed by atoms with Gasteiger partial charge in [-0.1, -0.05) is 36.4 Å². The van der Waals surface area contributed by atoms with Gasteiger partial charge in [0.2, 0.25) is 5.91 Å². The van der Waals surface area contributed by atoms with Crippen molar-refractivity contribution >= 4 is 17.3 Å². The Balaban J connectivity index is 1.18. The summed E-state index contributed by atoms with van der Waals surface area (Å²) in [4.78, 5) is 29.1. The third-order valence-corrected chi connectivity index (χ3v) is 7.33. The Morgan fingerprint density at radius 1 is 0.977 bits per heavy atom. The van der Waals surface area contributed by atoms with E-state index in [1.807, 2.05) is 30.3 Å². The average molecular weight is 597 g/mol. The quantitative estimate of drug-likeness (QED) is 0.257. The number of primary amides is 1. The number of nitrogens with two attached hydrogens (primary N) is 1. The second-order valence-electron chi connectivity index (χ2n) is 10.2. The van der Waals surface area contributed by atoms with Crippen LogP contribution in [0.1, 0.15) is 27.2 Å². The molecular formula is C30H31F3N6O4. The minimum atomic E-state index is -4.66. The highest BCUT2D eigenvalue weighted by Gasteiger charge is 2.38. The van der Waals surface area contributed by atoms with Crippen molar-refractivity contribution < 1.29 is 32.6 Å². The van der Waals surface area contributed by atoms with Gasteiger partial charge in [-0.2, -0.15) is 18.3 Å². The second-order valence-corrected chi connectivity index (χ2v) is 10.2. The van der Waals surface area contributed by atoms with E-state index in [2.05, 4.69) is 15.3 Å². The van der Waals surface area contributed by atoms with Crippen LogP contribution in [-0.4, -0.2) is 74.8 Å². The number of amides is 2. The third kappa shape index (κ3) is 7.13. The predicted molar refractivity (Wildman–Crippen MR) is 151 cm³/mol. The molecule has 0 radical (unpaired) electrons. The summed E-state index contributed by atoms with van der Waals surface area (Å²) in [6, 6.07) is 19.0. The smallest absolute Gasteiger partial charge is 0.435 e. The zero-order valence-electron chi connectivity index (χ0n) is 23.1. The van der Waals surface area contributed by atoms with Crippen molar-refractivity contribution in [3.05, 3.63) is 101 Å². The molecule has 1 fully saturated rings. The topological polar surface area (TPSA) is 125 Å². The first-order chi connectivity index (χ1) is 20.6. The molecule has 1 saturated heterocycles. The number of benzene rings is 2. The minimum absolute atomic E-state index is 0.117. The summed E-state index contributed by atoms with van der Waals surface area (Å²) < 4.78 is 47.4. The molecule has 0 aliphatic carbocycles. The predicted octanol–water partition coefficient (Wildman–Crippen LogP) is 2.65. The number of alkyl halides is 3. The number of aromatic nitrogens is 2. The SMILES string of the molecule is NC(=O)C(NC(=O)c1ccc(OCc2c(C(F)(F)F)nn3ccccc23)cc1)C(O)N1CCN(Cc2ccccc2)CC1. The van der Waals surface area contributed by atoms with E-state index in [0.29, 0.717) is 26.2 Å². The Morgan fingerprint density at radius 3 is 2.30 bits per heavy atom. The van der Waals surface area contributed by atoms with Crippen molar-refractivity contribution in [3.63, 3.8) is 0 Å². The van der Waals surface area contributed by atoms with Gasteiger partial charge in [-0.3, -0.25) is 19.4 Å². The number of fused-ring (bicyclic) bond motifs is 1. The van der Waals surface area contributed by atoms with Gasteiger partial charge in [0.25, 0.3) is 5.91 Å². The number of rotatable bonds is 10. The number of pyridine rings is 1. The molecule has 0 spiro atoms. The molecular weight excluding hydrogens is 565 g/mol. The van der Waals surface area contributed by atoms with E-state index in [-0.39, 0.29) is 22.4 Å². The highest BCUT2D eigenvalue weighted by molar-refractivity contribution is 5.97. The van der Waals surface area contributed by atoms with E-state index in [4.69, 9.17) is 10.5 Å². The maximum Gasteiger partial charge on any atom is 0.435 e. The monoisotopic (exact) mass is 596 g/mol. The number of nitrogens with one attached hydrogen (secondary N) is 1. The second kappa shape index (κ2) is 12.8. The number of aliphatic hydroxyl groups excluding tert-OH is 1. The maximum atomic E-state index is 13.6. The number of piperazine rings is 1. The Hall–Kier alpha value is -4.46. The van der Waals surface area contributed by atoms with Crippen molar-refractivity contribution in [3.8, 4) is 5.75 Å². The van der Waals surface area contributed by atoms with Gasteiger partial charge < -0.3 is 20.9 Å². The van der Waals surface area contributed by atoms with Crippen LogP contribution in [0, 0.1) is 0 Å². The number of ether oxygens (including phenoxy) is 1. The number of aliphatic hydroxyl groups is 1. The molecule has 2 aromatic carbocycles. The first-order valence-electron chi connectivity index (χ1n) is 13.6. The van der Waals surface area contributed by atoms with E-state index >= 15 is 0 Å². The third-order valence-electron chi connectivity index (χ3n) is 7.33. The first kappa shape index (κ1) is 30.0. The van der Waals surface area contributed by atoms with Gasteiger partial charge in [0.1, 0.15) is 24.6 Å². The number of halogens is 3. The molecule has 1 aliphatic rings. The fourth-order valence-corrected chi connectivity index (χ4v) is 5.03. The molecule has 3 heterocycles. The number of carbonyl (C=O) groups excluding carboxylic acids is 2. The Labute approximate surface area is 245 Å². The van der Waals surface area contributed by atoms with Gasteiger partial charge in [0, 0.05) is 50.0 Å².